The number of nitrogens with zero attached hydrogens (tertiary/aromatic N) is 3. The molecule has 0 saturated carbocycles. The van der Waals surface area contributed by atoms with Gasteiger partial charge in [-0.05, 0) is 13.0 Å². The van der Waals surface area contributed by atoms with Crippen LogP contribution in [0.2, 0.25) is 0 Å². The van der Waals surface area contributed by atoms with Gasteiger partial charge in [0.25, 0.3) is 0 Å². The molecule has 1 heterocycles. The first-order chi connectivity index (χ1) is 9.77. The highest BCUT2D eigenvalue weighted by molar-refractivity contribution is 5.91. The van der Waals surface area contributed by atoms with Crippen LogP contribution in [0.25, 0.3) is 0 Å². The van der Waals surface area contributed by atoms with Gasteiger partial charge in [-0.1, -0.05) is 27.7 Å². The van der Waals surface area contributed by atoms with E-state index in [1.165, 1.54) is 0 Å². The fourth-order valence-corrected chi connectivity index (χ4v) is 2.06. The number of aliphatic hydroxyl groups is 1. The van der Waals surface area contributed by atoms with Gasteiger partial charge in [0, 0.05) is 25.1 Å². The number of rotatable bonds is 7. The predicted molar refractivity (Wildman–Crippen MR) is 84.4 cm³/mol. The van der Waals surface area contributed by atoms with Gasteiger partial charge in [0.05, 0.1) is 18.8 Å². The van der Waals surface area contributed by atoms with Crippen molar-refractivity contribution in [3.8, 4) is 0 Å². The standard InChI is InChI=1S/C15H28N4O2/c1-6-7-19(8-9-20)11-14(21)16-13-10-12(15(2,3)4)17-18(13)5/h10,20H,6-9,11H2,1-5H3,(H,16,21). The average Bonchev–Trinajstić information content (AvgIpc) is 2.71. The van der Waals surface area contributed by atoms with E-state index in [9.17, 15) is 4.79 Å². The van der Waals surface area contributed by atoms with Crippen LogP contribution in [0.4, 0.5) is 5.82 Å². The van der Waals surface area contributed by atoms with Crippen LogP contribution in [-0.2, 0) is 17.3 Å². The van der Waals surface area contributed by atoms with Gasteiger partial charge < -0.3 is 10.4 Å². The van der Waals surface area contributed by atoms with Crippen LogP contribution >= 0.6 is 0 Å². The molecule has 0 aliphatic heterocycles. The van der Waals surface area contributed by atoms with Gasteiger partial charge in [-0.15, -0.1) is 0 Å². The summed E-state index contributed by atoms with van der Waals surface area (Å²) in [6.07, 6.45) is 0.952. The quantitative estimate of drug-likeness (QED) is 0.797. The Balaban J connectivity index is 2.68. The second-order valence-corrected chi connectivity index (χ2v) is 6.34. The molecule has 1 amide bonds. The molecule has 1 rings (SSSR count). The summed E-state index contributed by atoms with van der Waals surface area (Å²) in [7, 11) is 1.82. The van der Waals surface area contributed by atoms with Gasteiger partial charge in [0.15, 0.2) is 0 Å². The second-order valence-electron chi connectivity index (χ2n) is 6.34. The van der Waals surface area contributed by atoms with Crippen molar-refractivity contribution >= 4 is 11.7 Å². The molecule has 120 valence electrons. The van der Waals surface area contributed by atoms with Crippen LogP contribution in [0.1, 0.15) is 39.8 Å². The van der Waals surface area contributed by atoms with E-state index < -0.39 is 0 Å². The molecule has 0 aromatic carbocycles. The largest absolute Gasteiger partial charge is 0.395 e. The van der Waals surface area contributed by atoms with E-state index >= 15 is 0 Å². The van der Waals surface area contributed by atoms with E-state index in [-0.39, 0.29) is 24.5 Å². The second kappa shape index (κ2) is 7.56. The molecule has 6 heteroatoms. The summed E-state index contributed by atoms with van der Waals surface area (Å²) in [5.74, 6) is 0.616. The number of nitrogens with one attached hydrogen (secondary N) is 1. The van der Waals surface area contributed by atoms with Crippen molar-refractivity contribution in [2.45, 2.75) is 39.5 Å². The molecule has 2 N–H and O–H groups in total. The third kappa shape index (κ3) is 5.47. The van der Waals surface area contributed by atoms with Crippen molar-refractivity contribution in [1.82, 2.24) is 14.7 Å². The average molecular weight is 296 g/mol. The lowest BCUT2D eigenvalue weighted by molar-refractivity contribution is -0.117. The number of aromatic nitrogens is 2. The Bertz CT molecular complexity index is 457. The van der Waals surface area contributed by atoms with Crippen LogP contribution in [-0.4, -0.2) is 51.9 Å². The Morgan fingerprint density at radius 1 is 1.43 bits per heavy atom. The van der Waals surface area contributed by atoms with Crippen LogP contribution in [0.15, 0.2) is 6.07 Å². The number of amides is 1. The van der Waals surface area contributed by atoms with E-state index in [1.807, 2.05) is 18.0 Å². The first kappa shape index (κ1) is 17.7. The molecular formula is C15H28N4O2. The molecule has 0 spiro atoms. The Morgan fingerprint density at radius 3 is 2.57 bits per heavy atom. The van der Waals surface area contributed by atoms with Crippen molar-refractivity contribution < 1.29 is 9.90 Å². The van der Waals surface area contributed by atoms with Crippen LogP contribution in [0, 0.1) is 0 Å². The molecule has 1 aromatic rings. The number of carbonyl (C=O) groups is 1. The first-order valence-electron chi connectivity index (χ1n) is 7.45. The summed E-state index contributed by atoms with van der Waals surface area (Å²) in [5.41, 5.74) is 0.896. The molecule has 0 radical (unpaired) electrons. The minimum Gasteiger partial charge on any atom is -0.395 e. The number of anilines is 1. The molecule has 6 nitrogen and oxygen atoms in total. The van der Waals surface area contributed by atoms with Crippen molar-refractivity contribution in [3.63, 3.8) is 0 Å². The Morgan fingerprint density at radius 2 is 2.10 bits per heavy atom. The van der Waals surface area contributed by atoms with Crippen molar-refractivity contribution in [2.75, 3.05) is 31.6 Å². The zero-order chi connectivity index (χ0) is 16.0. The highest BCUT2D eigenvalue weighted by Gasteiger charge is 2.20. The van der Waals surface area contributed by atoms with Crippen LogP contribution in [0.5, 0.6) is 0 Å². The third-order valence-electron chi connectivity index (χ3n) is 3.24. The molecule has 21 heavy (non-hydrogen) atoms. The van der Waals surface area contributed by atoms with Gasteiger partial charge in [-0.2, -0.15) is 5.10 Å². The number of aryl methyl sites for hydroxylation is 1. The molecular weight excluding hydrogens is 268 g/mol. The smallest absolute Gasteiger partial charge is 0.239 e. The van der Waals surface area contributed by atoms with Gasteiger partial charge in [0.2, 0.25) is 5.91 Å². The lowest BCUT2D eigenvalue weighted by atomic mass is 9.92. The Kier molecular flexibility index (Phi) is 6.36. The minimum atomic E-state index is -0.0830. The molecule has 0 bridgehead atoms. The summed E-state index contributed by atoms with van der Waals surface area (Å²) < 4.78 is 1.69. The summed E-state index contributed by atoms with van der Waals surface area (Å²) in [4.78, 5) is 14.0. The number of hydrogen-bond donors (Lipinski definition) is 2. The maximum Gasteiger partial charge on any atom is 0.239 e. The van der Waals surface area contributed by atoms with Crippen molar-refractivity contribution in [1.29, 1.82) is 0 Å². The van der Waals surface area contributed by atoms with E-state index in [2.05, 4.69) is 38.1 Å². The molecule has 0 atom stereocenters. The highest BCUT2D eigenvalue weighted by Crippen LogP contribution is 2.23. The fourth-order valence-electron chi connectivity index (χ4n) is 2.06. The van der Waals surface area contributed by atoms with Crippen molar-refractivity contribution in [3.05, 3.63) is 11.8 Å². The van der Waals surface area contributed by atoms with Crippen LogP contribution < -0.4 is 5.32 Å². The van der Waals surface area contributed by atoms with Crippen molar-refractivity contribution in [2.24, 2.45) is 7.05 Å². The van der Waals surface area contributed by atoms with Gasteiger partial charge in [0.1, 0.15) is 5.82 Å². The van der Waals surface area contributed by atoms with E-state index in [0.717, 1.165) is 18.7 Å². The van der Waals surface area contributed by atoms with E-state index in [0.29, 0.717) is 12.4 Å². The Hall–Kier alpha value is -1.40. The molecule has 1 aromatic heterocycles. The SMILES string of the molecule is CCCN(CCO)CC(=O)Nc1cc(C(C)(C)C)nn1C. The summed E-state index contributed by atoms with van der Waals surface area (Å²) in [6, 6.07) is 1.91. The van der Waals surface area contributed by atoms with E-state index in [4.69, 9.17) is 5.11 Å². The van der Waals surface area contributed by atoms with E-state index in [1.54, 1.807) is 4.68 Å². The number of hydrogen-bond acceptors (Lipinski definition) is 4. The fraction of sp³-hybridized carbons (Fsp3) is 0.733. The Labute approximate surface area is 127 Å². The summed E-state index contributed by atoms with van der Waals surface area (Å²) in [6.45, 7) is 9.98. The molecule has 0 aliphatic carbocycles. The normalized spacial score (nSPS) is 12.0. The van der Waals surface area contributed by atoms with Gasteiger partial charge in [-0.25, -0.2) is 0 Å². The molecule has 0 unspecified atom stereocenters. The van der Waals surface area contributed by atoms with Gasteiger partial charge >= 0.3 is 0 Å². The lowest BCUT2D eigenvalue weighted by Gasteiger charge is -2.19. The monoisotopic (exact) mass is 296 g/mol. The molecule has 0 aliphatic rings. The minimum absolute atomic E-state index is 0.0497. The number of aliphatic hydroxyl groups excluding tert-OH is 1. The topological polar surface area (TPSA) is 70.4 Å². The third-order valence-corrected chi connectivity index (χ3v) is 3.24. The molecule has 0 fully saturated rings. The highest BCUT2D eigenvalue weighted by atomic mass is 16.3. The molecule has 0 saturated heterocycles. The number of carbonyl (C=O) groups excluding carboxylic acids is 1. The maximum atomic E-state index is 12.1. The van der Waals surface area contributed by atoms with Crippen LogP contribution in [0.3, 0.4) is 0 Å². The lowest BCUT2D eigenvalue weighted by Crippen LogP contribution is -2.36. The predicted octanol–water partition coefficient (Wildman–Crippen LogP) is 1.36. The first-order valence-corrected chi connectivity index (χ1v) is 7.45. The zero-order valence-electron chi connectivity index (χ0n) is 13.8. The summed E-state index contributed by atoms with van der Waals surface area (Å²) >= 11 is 0. The zero-order valence-corrected chi connectivity index (χ0v) is 13.8. The maximum absolute atomic E-state index is 12.1. The van der Waals surface area contributed by atoms with Gasteiger partial charge in [-0.3, -0.25) is 14.4 Å². The summed E-state index contributed by atoms with van der Waals surface area (Å²) in [5, 5.41) is 16.3.